The molecule has 0 radical (unpaired) electrons. The normalized spacial score (nSPS) is 14.5. The Balaban J connectivity index is 1.42. The van der Waals surface area contributed by atoms with Crippen LogP contribution in [0.4, 0.5) is 10.1 Å². The molecule has 0 unspecified atom stereocenters. The van der Waals surface area contributed by atoms with Gasteiger partial charge < -0.3 is 14.5 Å². The molecule has 2 aromatic carbocycles. The number of ether oxygens (including phenoxy) is 1. The van der Waals surface area contributed by atoms with Gasteiger partial charge in [0.05, 0.1) is 13.0 Å². The van der Waals surface area contributed by atoms with E-state index in [1.165, 1.54) is 12.1 Å². The van der Waals surface area contributed by atoms with Crippen molar-refractivity contribution in [2.75, 3.05) is 37.7 Å². The first-order valence-electron chi connectivity index (χ1n) is 8.28. The lowest BCUT2D eigenvalue weighted by Gasteiger charge is -2.36. The number of hydrogen-bond donors (Lipinski definition) is 0. The van der Waals surface area contributed by atoms with Gasteiger partial charge in [-0.15, -0.1) is 0 Å². The Morgan fingerprint density at radius 2 is 1.64 bits per heavy atom. The van der Waals surface area contributed by atoms with E-state index in [-0.39, 0.29) is 11.7 Å². The number of halogens is 2. The maximum absolute atomic E-state index is 12.8. The summed E-state index contributed by atoms with van der Waals surface area (Å²) in [4.78, 5) is 16.4. The average molecular weight is 363 g/mol. The van der Waals surface area contributed by atoms with Gasteiger partial charge in [-0.2, -0.15) is 0 Å². The van der Waals surface area contributed by atoms with E-state index in [1.54, 1.807) is 12.1 Å². The van der Waals surface area contributed by atoms with E-state index in [0.717, 1.165) is 23.8 Å². The van der Waals surface area contributed by atoms with Gasteiger partial charge in [0.15, 0.2) is 0 Å². The number of benzene rings is 2. The molecule has 1 heterocycles. The number of hydrogen-bond acceptors (Lipinski definition) is 3. The number of nitrogens with zero attached hydrogens (tertiary/aromatic N) is 2. The summed E-state index contributed by atoms with van der Waals surface area (Å²) in [6, 6.07) is 13.5. The molecule has 1 aliphatic heterocycles. The molecule has 4 nitrogen and oxygen atoms in total. The molecule has 0 atom stereocenters. The highest BCUT2D eigenvalue weighted by atomic mass is 35.5. The van der Waals surface area contributed by atoms with Crippen molar-refractivity contribution >= 4 is 23.2 Å². The largest absolute Gasteiger partial charge is 0.493 e. The van der Waals surface area contributed by atoms with Crippen molar-refractivity contribution in [1.82, 2.24) is 4.90 Å². The predicted octanol–water partition coefficient (Wildman–Crippen LogP) is 3.60. The molecule has 0 aliphatic carbocycles. The first kappa shape index (κ1) is 17.5. The number of anilines is 1. The van der Waals surface area contributed by atoms with Gasteiger partial charge in [-0.3, -0.25) is 4.79 Å². The lowest BCUT2D eigenvalue weighted by molar-refractivity contribution is -0.132. The predicted molar refractivity (Wildman–Crippen MR) is 96.8 cm³/mol. The zero-order valence-corrected chi connectivity index (χ0v) is 14.6. The molecular formula is C19H20ClFN2O2. The second-order valence-corrected chi connectivity index (χ2v) is 6.33. The van der Waals surface area contributed by atoms with Crippen LogP contribution in [0.25, 0.3) is 0 Å². The molecule has 0 spiro atoms. The lowest BCUT2D eigenvalue weighted by atomic mass is 10.2. The van der Waals surface area contributed by atoms with E-state index in [1.807, 2.05) is 29.2 Å². The van der Waals surface area contributed by atoms with E-state index < -0.39 is 0 Å². The summed E-state index contributed by atoms with van der Waals surface area (Å²) in [6.45, 7) is 3.27. The summed E-state index contributed by atoms with van der Waals surface area (Å²) in [5.41, 5.74) is 1.12. The van der Waals surface area contributed by atoms with Gasteiger partial charge >= 0.3 is 0 Å². The first-order chi connectivity index (χ1) is 12.1. The molecule has 0 N–H and O–H groups in total. The zero-order valence-electron chi connectivity index (χ0n) is 13.8. The quantitative estimate of drug-likeness (QED) is 0.814. The average Bonchev–Trinajstić information content (AvgIpc) is 2.64. The number of carbonyl (C=O) groups excluding carboxylic acids is 1. The second kappa shape index (κ2) is 8.21. The molecular weight excluding hydrogens is 343 g/mol. The maximum Gasteiger partial charge on any atom is 0.226 e. The highest BCUT2D eigenvalue weighted by Gasteiger charge is 2.21. The topological polar surface area (TPSA) is 32.8 Å². The molecule has 1 saturated heterocycles. The first-order valence-corrected chi connectivity index (χ1v) is 8.66. The summed E-state index contributed by atoms with van der Waals surface area (Å²) < 4.78 is 18.3. The SMILES string of the molecule is O=C(CCOc1ccc(F)cc1)N1CCN(c2ccc(Cl)cc2)CC1. The van der Waals surface area contributed by atoms with E-state index in [4.69, 9.17) is 16.3 Å². The van der Waals surface area contributed by atoms with Crippen molar-refractivity contribution in [2.45, 2.75) is 6.42 Å². The van der Waals surface area contributed by atoms with Crippen molar-refractivity contribution in [1.29, 1.82) is 0 Å². The van der Waals surface area contributed by atoms with Crippen LogP contribution in [0.5, 0.6) is 5.75 Å². The highest BCUT2D eigenvalue weighted by Crippen LogP contribution is 2.19. The number of carbonyl (C=O) groups is 1. The minimum absolute atomic E-state index is 0.0814. The lowest BCUT2D eigenvalue weighted by Crippen LogP contribution is -2.49. The van der Waals surface area contributed by atoms with Crippen LogP contribution in [-0.2, 0) is 4.79 Å². The third kappa shape index (κ3) is 4.86. The Kier molecular flexibility index (Phi) is 5.76. The molecule has 132 valence electrons. The van der Waals surface area contributed by atoms with E-state index in [2.05, 4.69) is 4.90 Å². The van der Waals surface area contributed by atoms with Crippen molar-refractivity contribution in [3.8, 4) is 5.75 Å². The van der Waals surface area contributed by atoms with Gasteiger partial charge in [0.1, 0.15) is 11.6 Å². The van der Waals surface area contributed by atoms with Gasteiger partial charge in [0, 0.05) is 36.9 Å². The third-order valence-corrected chi connectivity index (χ3v) is 4.47. The van der Waals surface area contributed by atoms with Gasteiger partial charge in [0.25, 0.3) is 0 Å². The molecule has 6 heteroatoms. The Hall–Kier alpha value is -2.27. The van der Waals surface area contributed by atoms with Crippen molar-refractivity contribution in [2.24, 2.45) is 0 Å². The summed E-state index contributed by atoms with van der Waals surface area (Å²) in [5, 5.41) is 0.721. The van der Waals surface area contributed by atoms with Crippen molar-refractivity contribution in [3.05, 3.63) is 59.4 Å². The molecule has 1 fully saturated rings. The van der Waals surface area contributed by atoms with Gasteiger partial charge in [-0.05, 0) is 48.5 Å². The summed E-state index contributed by atoms with van der Waals surface area (Å²) in [5.74, 6) is 0.349. The number of amides is 1. The summed E-state index contributed by atoms with van der Waals surface area (Å²) in [6.07, 6.45) is 0.318. The third-order valence-electron chi connectivity index (χ3n) is 4.22. The molecule has 0 bridgehead atoms. The molecule has 2 aromatic rings. The Morgan fingerprint density at radius 1 is 1.00 bits per heavy atom. The fourth-order valence-electron chi connectivity index (χ4n) is 2.81. The van der Waals surface area contributed by atoms with Gasteiger partial charge in [-0.25, -0.2) is 4.39 Å². The highest BCUT2D eigenvalue weighted by molar-refractivity contribution is 6.30. The molecule has 1 amide bonds. The Labute approximate surface area is 151 Å². The van der Waals surface area contributed by atoms with Crippen molar-refractivity contribution in [3.63, 3.8) is 0 Å². The van der Waals surface area contributed by atoms with E-state index in [9.17, 15) is 9.18 Å². The van der Waals surface area contributed by atoms with Crippen LogP contribution in [0.3, 0.4) is 0 Å². The van der Waals surface area contributed by atoms with E-state index in [0.29, 0.717) is 31.9 Å². The van der Waals surface area contributed by atoms with Gasteiger partial charge in [-0.1, -0.05) is 11.6 Å². The van der Waals surface area contributed by atoms with Crippen LogP contribution in [0, 0.1) is 5.82 Å². The smallest absolute Gasteiger partial charge is 0.226 e. The zero-order chi connectivity index (χ0) is 17.6. The minimum atomic E-state index is -0.304. The monoisotopic (exact) mass is 362 g/mol. The number of rotatable bonds is 5. The summed E-state index contributed by atoms with van der Waals surface area (Å²) >= 11 is 5.91. The minimum Gasteiger partial charge on any atom is -0.493 e. The Bertz CT molecular complexity index is 698. The van der Waals surface area contributed by atoms with Crippen LogP contribution in [0.15, 0.2) is 48.5 Å². The molecule has 25 heavy (non-hydrogen) atoms. The fraction of sp³-hybridized carbons (Fsp3) is 0.316. The Morgan fingerprint density at radius 3 is 2.28 bits per heavy atom. The van der Waals surface area contributed by atoms with Crippen LogP contribution in [0.2, 0.25) is 5.02 Å². The molecule has 0 saturated carbocycles. The van der Waals surface area contributed by atoms with Crippen LogP contribution < -0.4 is 9.64 Å². The van der Waals surface area contributed by atoms with Crippen molar-refractivity contribution < 1.29 is 13.9 Å². The molecule has 1 aliphatic rings. The second-order valence-electron chi connectivity index (χ2n) is 5.90. The maximum atomic E-state index is 12.8. The fourth-order valence-corrected chi connectivity index (χ4v) is 2.94. The van der Waals surface area contributed by atoms with Crippen LogP contribution in [-0.4, -0.2) is 43.6 Å². The van der Waals surface area contributed by atoms with Crippen LogP contribution in [0.1, 0.15) is 6.42 Å². The van der Waals surface area contributed by atoms with E-state index >= 15 is 0 Å². The summed E-state index contributed by atoms with van der Waals surface area (Å²) in [7, 11) is 0. The van der Waals surface area contributed by atoms with Crippen LogP contribution >= 0.6 is 11.6 Å². The molecule has 0 aromatic heterocycles. The molecule has 3 rings (SSSR count). The standard InChI is InChI=1S/C19H20ClFN2O2/c20-15-1-5-17(6-2-15)22-10-12-23(13-11-22)19(24)9-14-25-18-7-3-16(21)4-8-18/h1-8H,9-14H2. The van der Waals surface area contributed by atoms with Gasteiger partial charge in [0.2, 0.25) is 5.91 Å². The number of piperazine rings is 1.